The summed E-state index contributed by atoms with van der Waals surface area (Å²) in [6, 6.07) is 0.835. The van der Waals surface area contributed by atoms with Crippen molar-refractivity contribution in [3.63, 3.8) is 0 Å². The van der Waals surface area contributed by atoms with Gasteiger partial charge in [0.15, 0.2) is 0 Å². The fourth-order valence-electron chi connectivity index (χ4n) is 3.87. The van der Waals surface area contributed by atoms with Crippen LogP contribution in [-0.4, -0.2) is 49.1 Å². The van der Waals surface area contributed by atoms with Gasteiger partial charge in [-0.05, 0) is 51.1 Å². The minimum atomic E-state index is 0.201. The van der Waals surface area contributed by atoms with E-state index >= 15 is 0 Å². The number of carbonyl (C=O) groups excluding carboxylic acids is 1. The second kappa shape index (κ2) is 7.59. The first-order chi connectivity index (χ1) is 9.97. The molecular formula is C17H33N3O. The second-order valence-corrected chi connectivity index (χ2v) is 7.55. The number of fused-ring (bicyclic) bond motifs is 1. The Hall–Kier alpha value is -0.610. The first-order valence-electron chi connectivity index (χ1n) is 8.71. The lowest BCUT2D eigenvalue weighted by atomic mass is 9.95. The summed E-state index contributed by atoms with van der Waals surface area (Å²) in [6.45, 7) is 12.8. The molecule has 4 unspecified atom stereocenters. The van der Waals surface area contributed by atoms with Crippen LogP contribution in [0, 0.1) is 17.8 Å². The lowest BCUT2D eigenvalue weighted by Crippen LogP contribution is -2.43. The maximum Gasteiger partial charge on any atom is 0.234 e. The lowest BCUT2D eigenvalue weighted by Gasteiger charge is -2.24. The molecule has 2 aliphatic heterocycles. The van der Waals surface area contributed by atoms with E-state index in [9.17, 15) is 4.79 Å². The highest BCUT2D eigenvalue weighted by Gasteiger charge is 2.42. The van der Waals surface area contributed by atoms with Gasteiger partial charge >= 0.3 is 0 Å². The summed E-state index contributed by atoms with van der Waals surface area (Å²) in [5.41, 5.74) is 0. The van der Waals surface area contributed by atoms with E-state index in [2.05, 4.69) is 43.2 Å². The summed E-state index contributed by atoms with van der Waals surface area (Å²) < 4.78 is 0. The molecule has 122 valence electrons. The van der Waals surface area contributed by atoms with Crippen molar-refractivity contribution in [3.8, 4) is 0 Å². The molecule has 4 heteroatoms. The predicted octanol–water partition coefficient (Wildman–Crippen LogP) is 1.86. The van der Waals surface area contributed by atoms with E-state index in [1.807, 2.05) is 0 Å². The third-order valence-electron chi connectivity index (χ3n) is 5.23. The van der Waals surface area contributed by atoms with Crippen molar-refractivity contribution in [3.05, 3.63) is 0 Å². The monoisotopic (exact) mass is 295 g/mol. The van der Waals surface area contributed by atoms with Crippen LogP contribution in [-0.2, 0) is 4.79 Å². The fraction of sp³-hybridized carbons (Fsp3) is 0.941. The van der Waals surface area contributed by atoms with Gasteiger partial charge in [-0.1, -0.05) is 26.7 Å². The zero-order valence-corrected chi connectivity index (χ0v) is 14.2. The minimum absolute atomic E-state index is 0.201. The van der Waals surface area contributed by atoms with Crippen LogP contribution < -0.4 is 10.6 Å². The zero-order valence-electron chi connectivity index (χ0n) is 14.2. The highest BCUT2D eigenvalue weighted by Crippen LogP contribution is 2.31. The SMILES string of the molecule is CC(C)CCCC(C)NC(=O)CN1CC2CNCC2C1C. The Labute approximate surface area is 130 Å². The predicted molar refractivity (Wildman–Crippen MR) is 87.2 cm³/mol. The van der Waals surface area contributed by atoms with Crippen LogP contribution >= 0.6 is 0 Å². The molecule has 4 nitrogen and oxygen atoms in total. The summed E-state index contributed by atoms with van der Waals surface area (Å²) >= 11 is 0. The summed E-state index contributed by atoms with van der Waals surface area (Å²) in [7, 11) is 0. The summed E-state index contributed by atoms with van der Waals surface area (Å²) in [6.07, 6.45) is 3.55. The Balaban J connectivity index is 1.67. The van der Waals surface area contributed by atoms with Gasteiger partial charge in [-0.15, -0.1) is 0 Å². The fourth-order valence-corrected chi connectivity index (χ4v) is 3.87. The molecule has 0 saturated carbocycles. The van der Waals surface area contributed by atoms with Gasteiger partial charge in [0.05, 0.1) is 6.54 Å². The molecule has 0 bridgehead atoms. The molecule has 4 atom stereocenters. The van der Waals surface area contributed by atoms with Crippen molar-refractivity contribution < 1.29 is 4.79 Å². The molecule has 2 fully saturated rings. The molecule has 0 radical (unpaired) electrons. The summed E-state index contributed by atoms with van der Waals surface area (Å²) in [5.74, 6) is 2.44. The van der Waals surface area contributed by atoms with Crippen LogP contribution in [0.4, 0.5) is 0 Å². The maximum atomic E-state index is 12.2. The molecule has 2 rings (SSSR count). The van der Waals surface area contributed by atoms with Crippen molar-refractivity contribution >= 4 is 5.91 Å². The van der Waals surface area contributed by atoms with Gasteiger partial charge in [-0.2, -0.15) is 0 Å². The van der Waals surface area contributed by atoms with Gasteiger partial charge in [0.1, 0.15) is 0 Å². The molecule has 0 aromatic rings. The van der Waals surface area contributed by atoms with Crippen LogP contribution in [0.5, 0.6) is 0 Å². The van der Waals surface area contributed by atoms with E-state index in [1.165, 1.54) is 12.8 Å². The number of likely N-dealkylation sites (tertiary alicyclic amines) is 1. The van der Waals surface area contributed by atoms with Crippen molar-refractivity contribution in [1.82, 2.24) is 15.5 Å². The molecule has 0 spiro atoms. The standard InChI is InChI=1S/C17H33N3O/c1-12(2)6-5-7-13(3)19-17(21)11-20-10-15-8-18-9-16(15)14(20)4/h12-16,18H,5-11H2,1-4H3,(H,19,21). The van der Waals surface area contributed by atoms with E-state index in [-0.39, 0.29) is 5.91 Å². The second-order valence-electron chi connectivity index (χ2n) is 7.55. The van der Waals surface area contributed by atoms with Crippen LogP contribution in [0.2, 0.25) is 0 Å². The molecule has 2 heterocycles. The molecule has 2 saturated heterocycles. The smallest absolute Gasteiger partial charge is 0.234 e. The van der Waals surface area contributed by atoms with Gasteiger partial charge in [0.25, 0.3) is 0 Å². The third-order valence-corrected chi connectivity index (χ3v) is 5.23. The van der Waals surface area contributed by atoms with E-state index in [0.29, 0.717) is 18.6 Å². The highest BCUT2D eigenvalue weighted by atomic mass is 16.2. The number of hydrogen-bond acceptors (Lipinski definition) is 3. The Morgan fingerprint density at radius 3 is 2.71 bits per heavy atom. The highest BCUT2D eigenvalue weighted by molar-refractivity contribution is 5.78. The molecule has 1 amide bonds. The van der Waals surface area contributed by atoms with Crippen LogP contribution in [0.3, 0.4) is 0 Å². The van der Waals surface area contributed by atoms with Crippen molar-refractivity contribution in [2.45, 2.75) is 59.0 Å². The average molecular weight is 295 g/mol. The molecule has 2 N–H and O–H groups in total. The average Bonchev–Trinajstić information content (AvgIpc) is 2.93. The molecule has 0 aromatic heterocycles. The Morgan fingerprint density at radius 1 is 1.29 bits per heavy atom. The number of carbonyl (C=O) groups is 1. The van der Waals surface area contributed by atoms with Gasteiger partial charge in [0.2, 0.25) is 5.91 Å². The van der Waals surface area contributed by atoms with Crippen molar-refractivity contribution in [2.24, 2.45) is 17.8 Å². The van der Waals surface area contributed by atoms with Crippen LogP contribution in [0.25, 0.3) is 0 Å². The first-order valence-corrected chi connectivity index (χ1v) is 8.71. The van der Waals surface area contributed by atoms with Gasteiger partial charge < -0.3 is 10.6 Å². The Bertz CT molecular complexity index is 345. The number of nitrogens with one attached hydrogen (secondary N) is 2. The van der Waals surface area contributed by atoms with E-state index < -0.39 is 0 Å². The normalized spacial score (nSPS) is 30.6. The molecule has 0 aromatic carbocycles. The van der Waals surface area contributed by atoms with Crippen molar-refractivity contribution in [1.29, 1.82) is 0 Å². The summed E-state index contributed by atoms with van der Waals surface area (Å²) in [4.78, 5) is 14.6. The quantitative estimate of drug-likeness (QED) is 0.753. The Morgan fingerprint density at radius 2 is 2.05 bits per heavy atom. The Kier molecular flexibility index (Phi) is 6.06. The summed E-state index contributed by atoms with van der Waals surface area (Å²) in [5, 5.41) is 6.64. The minimum Gasteiger partial charge on any atom is -0.353 e. The molecule has 21 heavy (non-hydrogen) atoms. The van der Waals surface area contributed by atoms with Gasteiger partial charge in [-0.25, -0.2) is 0 Å². The maximum absolute atomic E-state index is 12.2. The first kappa shape index (κ1) is 16.8. The number of hydrogen-bond donors (Lipinski definition) is 2. The van der Waals surface area contributed by atoms with E-state index in [1.54, 1.807) is 0 Å². The van der Waals surface area contributed by atoms with E-state index in [4.69, 9.17) is 0 Å². The lowest BCUT2D eigenvalue weighted by molar-refractivity contribution is -0.123. The third kappa shape index (κ3) is 4.68. The molecule has 0 aliphatic carbocycles. The van der Waals surface area contributed by atoms with E-state index in [0.717, 1.165) is 43.8 Å². The number of rotatable bonds is 7. The molecule has 2 aliphatic rings. The largest absolute Gasteiger partial charge is 0.353 e. The number of amides is 1. The zero-order chi connectivity index (χ0) is 15.4. The van der Waals surface area contributed by atoms with Gasteiger partial charge in [-0.3, -0.25) is 9.69 Å². The van der Waals surface area contributed by atoms with Gasteiger partial charge in [0, 0.05) is 18.6 Å². The van der Waals surface area contributed by atoms with Crippen molar-refractivity contribution in [2.75, 3.05) is 26.2 Å². The molecular weight excluding hydrogens is 262 g/mol. The number of nitrogens with zero attached hydrogens (tertiary/aromatic N) is 1. The van der Waals surface area contributed by atoms with Crippen LogP contribution in [0.1, 0.15) is 47.0 Å². The topological polar surface area (TPSA) is 44.4 Å². The van der Waals surface area contributed by atoms with Crippen LogP contribution in [0.15, 0.2) is 0 Å².